The van der Waals surface area contributed by atoms with Gasteiger partial charge < -0.3 is 36.8 Å². The van der Waals surface area contributed by atoms with E-state index in [1.807, 2.05) is 0 Å². The molecule has 0 radical (unpaired) electrons. The molecule has 1 aliphatic heterocycles. The van der Waals surface area contributed by atoms with Gasteiger partial charge in [-0.05, 0) is 12.8 Å². The quantitative estimate of drug-likeness (QED) is 0.278. The van der Waals surface area contributed by atoms with Gasteiger partial charge in [-0.25, -0.2) is 0 Å². The van der Waals surface area contributed by atoms with E-state index in [2.05, 4.69) is 26.6 Å². The van der Waals surface area contributed by atoms with Crippen molar-refractivity contribution in [1.82, 2.24) is 26.6 Å². The molecule has 10 heteroatoms. The van der Waals surface area contributed by atoms with Crippen molar-refractivity contribution in [2.75, 3.05) is 52.5 Å². The number of aliphatic hydroxyl groups is 2. The van der Waals surface area contributed by atoms with Gasteiger partial charge in [0, 0.05) is 63.4 Å². The third-order valence-corrected chi connectivity index (χ3v) is 4.93. The fourth-order valence-corrected chi connectivity index (χ4v) is 3.46. The predicted octanol–water partition coefficient (Wildman–Crippen LogP) is -0.642. The van der Waals surface area contributed by atoms with E-state index in [9.17, 15) is 10.2 Å². The fourth-order valence-electron chi connectivity index (χ4n) is 3.46. The zero-order valence-corrected chi connectivity index (χ0v) is 18.0. The van der Waals surface area contributed by atoms with Crippen LogP contribution in [0.15, 0.2) is 0 Å². The van der Waals surface area contributed by atoms with Crippen molar-refractivity contribution in [1.29, 1.82) is 0 Å². The Morgan fingerprint density at radius 1 is 0.731 bits per heavy atom. The number of nitrogens with one attached hydrogen (secondary N) is 5. The summed E-state index contributed by atoms with van der Waals surface area (Å²) >= 11 is 0.00694. The number of rotatable bonds is 2. The summed E-state index contributed by atoms with van der Waals surface area (Å²) in [6.45, 7) is 5.36. The van der Waals surface area contributed by atoms with Crippen molar-refractivity contribution in [2.45, 2.75) is 49.9 Å². The monoisotopic (exact) mass is 454 g/mol. The normalized spacial score (nSPS) is 32.3. The van der Waals surface area contributed by atoms with E-state index in [4.69, 9.17) is 20.2 Å². The molecule has 7 nitrogen and oxygen atoms in total. The van der Waals surface area contributed by atoms with Crippen molar-refractivity contribution in [2.24, 2.45) is 0 Å². The molecule has 0 aromatic heterocycles. The van der Waals surface area contributed by atoms with Crippen LogP contribution in [0.3, 0.4) is 0 Å². The Morgan fingerprint density at radius 2 is 1.15 bits per heavy atom. The topological polar surface area (TPSA) is 101 Å². The van der Waals surface area contributed by atoms with Gasteiger partial charge in [0.25, 0.3) is 0 Å². The van der Waals surface area contributed by atoms with Gasteiger partial charge in [-0.1, -0.05) is 12.8 Å². The molecular weight excluding hydrogens is 420 g/mol. The van der Waals surface area contributed by atoms with E-state index in [0.29, 0.717) is 12.1 Å². The maximum atomic E-state index is 9.53. The fraction of sp³-hybridized carbons (Fsp3) is 1.00. The SMILES string of the molecule is OC[C@H]1CN[C@@H]2CCCC[C@H]2NC[C@H](CO)NCCNCCN1.[Cl][Mn][Cl]. The van der Waals surface area contributed by atoms with Crippen LogP contribution in [0.5, 0.6) is 0 Å². The van der Waals surface area contributed by atoms with Crippen molar-refractivity contribution in [3.05, 3.63) is 0 Å². The molecule has 1 aliphatic carbocycles. The van der Waals surface area contributed by atoms with Gasteiger partial charge in [0.1, 0.15) is 0 Å². The summed E-state index contributed by atoms with van der Waals surface area (Å²) in [7, 11) is 9.59. The molecule has 0 spiro atoms. The van der Waals surface area contributed by atoms with Crippen molar-refractivity contribution < 1.29 is 23.3 Å². The average molecular weight is 455 g/mol. The minimum absolute atomic E-state index is 0.00694. The Hall–Kier alpha value is 0.819. The minimum atomic E-state index is 0.00694. The van der Waals surface area contributed by atoms with Gasteiger partial charge in [0.05, 0.1) is 13.2 Å². The van der Waals surface area contributed by atoms with E-state index in [0.717, 1.165) is 39.3 Å². The summed E-state index contributed by atoms with van der Waals surface area (Å²) in [6, 6.07) is 1.10. The van der Waals surface area contributed by atoms with Crippen molar-refractivity contribution in [3.8, 4) is 0 Å². The first-order valence-corrected chi connectivity index (χ1v) is 12.7. The Balaban J connectivity index is 0.00000105. The van der Waals surface area contributed by atoms with Crippen LogP contribution in [-0.4, -0.2) is 86.9 Å². The van der Waals surface area contributed by atoms with E-state index in [-0.39, 0.29) is 38.4 Å². The Bertz CT molecular complexity index is 309. The van der Waals surface area contributed by atoms with Crippen LogP contribution in [-0.2, 0) is 13.1 Å². The summed E-state index contributed by atoms with van der Waals surface area (Å²) in [5.41, 5.74) is 0. The Morgan fingerprint density at radius 3 is 1.54 bits per heavy atom. The van der Waals surface area contributed by atoms with Crippen LogP contribution in [0.1, 0.15) is 25.7 Å². The Kier molecular flexibility index (Phi) is 16.0. The molecule has 7 N–H and O–H groups in total. The first-order chi connectivity index (χ1) is 12.7. The van der Waals surface area contributed by atoms with Gasteiger partial charge in [0.15, 0.2) is 0 Å². The van der Waals surface area contributed by atoms with Crippen LogP contribution in [0, 0.1) is 0 Å². The second kappa shape index (κ2) is 16.7. The molecule has 0 bridgehead atoms. The molecule has 26 heavy (non-hydrogen) atoms. The molecule has 1 saturated heterocycles. The van der Waals surface area contributed by atoms with Gasteiger partial charge in [-0.3, -0.25) is 0 Å². The number of hydrogen-bond donors (Lipinski definition) is 7. The number of fused-ring (bicyclic) bond motifs is 1. The zero-order chi connectivity index (χ0) is 19.0. The molecule has 2 aliphatic rings. The number of aliphatic hydroxyl groups excluding tert-OH is 2. The average Bonchev–Trinajstić information content (AvgIpc) is 2.67. The van der Waals surface area contributed by atoms with E-state index in [1.54, 1.807) is 0 Å². The van der Waals surface area contributed by atoms with Crippen molar-refractivity contribution >= 4 is 20.2 Å². The molecule has 2 rings (SSSR count). The van der Waals surface area contributed by atoms with Crippen LogP contribution in [0.2, 0.25) is 0 Å². The molecule has 2 fully saturated rings. The summed E-state index contributed by atoms with van der Waals surface area (Å²) in [5.74, 6) is 0. The van der Waals surface area contributed by atoms with Crippen LogP contribution in [0.25, 0.3) is 0 Å². The Labute approximate surface area is 172 Å². The second-order valence-corrected chi connectivity index (χ2v) is 8.73. The summed E-state index contributed by atoms with van der Waals surface area (Å²) in [5, 5.41) is 36.5. The standard InChI is InChI=1S/C16H35N5O2.2ClH.Mn/c22-11-13-9-20-15-3-1-2-4-16(15)21-10-14(12-23)19-8-6-17-5-7-18-13;;;/h13-23H,1-12H2;2*1H;/q;;;+2/p-2/t13-,14-,15-,16-;;;/m1.../s1. The predicted molar refractivity (Wildman–Crippen MR) is 104 cm³/mol. The van der Waals surface area contributed by atoms with Crippen LogP contribution < -0.4 is 26.6 Å². The van der Waals surface area contributed by atoms with Crippen molar-refractivity contribution in [3.63, 3.8) is 0 Å². The summed E-state index contributed by atoms with van der Waals surface area (Å²) in [6.07, 6.45) is 4.88. The first kappa shape index (κ1) is 24.9. The van der Waals surface area contributed by atoms with Gasteiger partial charge in [-0.15, -0.1) is 0 Å². The molecule has 4 atom stereocenters. The maximum absolute atomic E-state index is 9.53. The number of hydrogen-bond acceptors (Lipinski definition) is 7. The van der Waals surface area contributed by atoms with Gasteiger partial charge in [0.2, 0.25) is 0 Å². The third kappa shape index (κ3) is 11.0. The molecule has 1 saturated carbocycles. The third-order valence-electron chi connectivity index (χ3n) is 4.93. The second-order valence-electron chi connectivity index (χ2n) is 6.79. The zero-order valence-electron chi connectivity index (χ0n) is 15.3. The molecule has 0 aromatic rings. The van der Waals surface area contributed by atoms with Gasteiger partial charge >= 0.3 is 33.3 Å². The van der Waals surface area contributed by atoms with E-state index >= 15 is 0 Å². The first-order valence-electron chi connectivity index (χ1n) is 9.48. The molecule has 0 aromatic carbocycles. The van der Waals surface area contributed by atoms with Crippen LogP contribution in [0.4, 0.5) is 0 Å². The molecule has 157 valence electrons. The molecule has 0 unspecified atom stereocenters. The van der Waals surface area contributed by atoms with Crippen LogP contribution >= 0.6 is 20.2 Å². The number of halogens is 2. The van der Waals surface area contributed by atoms with E-state index in [1.165, 1.54) is 25.7 Å². The summed E-state index contributed by atoms with van der Waals surface area (Å²) in [4.78, 5) is 0. The molecule has 0 amide bonds. The summed E-state index contributed by atoms with van der Waals surface area (Å²) < 4.78 is 0. The molecule has 1 heterocycles. The van der Waals surface area contributed by atoms with Gasteiger partial charge in [-0.2, -0.15) is 0 Å². The molecular formula is C16H35Cl2MnN5O2. The van der Waals surface area contributed by atoms with E-state index < -0.39 is 0 Å².